The molecule has 5 nitrogen and oxygen atoms in total. The Bertz CT molecular complexity index is 581. The molecule has 1 aromatic rings. The highest BCUT2D eigenvalue weighted by molar-refractivity contribution is 5.94. The number of halogens is 1. The lowest BCUT2D eigenvalue weighted by Crippen LogP contribution is -2.46. The SMILES string of the molecule is Cc1cc(C(=O)N[C@@H]2C[C@H]3CO[C@@H](CCO)CN3C2)ccc1F. The topological polar surface area (TPSA) is 61.8 Å². The van der Waals surface area contributed by atoms with Gasteiger partial charge in [0.25, 0.3) is 5.91 Å². The zero-order chi connectivity index (χ0) is 16.4. The molecule has 6 heteroatoms. The summed E-state index contributed by atoms with van der Waals surface area (Å²) < 4.78 is 19.0. The summed E-state index contributed by atoms with van der Waals surface area (Å²) in [7, 11) is 0. The number of nitrogens with one attached hydrogen (secondary N) is 1. The normalized spacial score (nSPS) is 27.7. The van der Waals surface area contributed by atoms with Gasteiger partial charge in [0.15, 0.2) is 0 Å². The van der Waals surface area contributed by atoms with E-state index in [0.717, 1.165) is 19.5 Å². The molecule has 2 aliphatic heterocycles. The summed E-state index contributed by atoms with van der Waals surface area (Å²) >= 11 is 0. The second-order valence-corrected chi connectivity index (χ2v) is 6.45. The number of ether oxygens (including phenoxy) is 1. The van der Waals surface area contributed by atoms with E-state index in [1.165, 1.54) is 12.1 Å². The van der Waals surface area contributed by atoms with E-state index in [1.807, 2.05) is 0 Å². The maximum absolute atomic E-state index is 13.3. The molecule has 3 atom stereocenters. The summed E-state index contributed by atoms with van der Waals surface area (Å²) in [6, 6.07) is 4.82. The van der Waals surface area contributed by atoms with E-state index < -0.39 is 0 Å². The van der Waals surface area contributed by atoms with Gasteiger partial charge in [-0.1, -0.05) is 0 Å². The van der Waals surface area contributed by atoms with Crippen LogP contribution in [0.2, 0.25) is 0 Å². The number of aliphatic hydroxyl groups excluding tert-OH is 1. The van der Waals surface area contributed by atoms with Gasteiger partial charge >= 0.3 is 0 Å². The molecule has 3 rings (SSSR count). The van der Waals surface area contributed by atoms with Crippen molar-refractivity contribution in [3.63, 3.8) is 0 Å². The molecule has 1 amide bonds. The van der Waals surface area contributed by atoms with E-state index >= 15 is 0 Å². The fourth-order valence-corrected chi connectivity index (χ4v) is 3.42. The van der Waals surface area contributed by atoms with Crippen LogP contribution >= 0.6 is 0 Å². The van der Waals surface area contributed by atoms with E-state index in [2.05, 4.69) is 10.2 Å². The lowest BCUT2D eigenvalue weighted by atomic mass is 10.1. The fourth-order valence-electron chi connectivity index (χ4n) is 3.42. The first kappa shape index (κ1) is 16.4. The van der Waals surface area contributed by atoms with Crippen molar-refractivity contribution in [3.8, 4) is 0 Å². The number of rotatable bonds is 4. The Labute approximate surface area is 135 Å². The van der Waals surface area contributed by atoms with Gasteiger partial charge in [-0.15, -0.1) is 0 Å². The van der Waals surface area contributed by atoms with Crippen LogP contribution in [0.1, 0.15) is 28.8 Å². The number of amides is 1. The summed E-state index contributed by atoms with van der Waals surface area (Å²) in [5, 5.41) is 12.1. The van der Waals surface area contributed by atoms with Crippen LogP contribution in [-0.4, -0.2) is 60.4 Å². The lowest BCUT2D eigenvalue weighted by Gasteiger charge is -2.34. The maximum atomic E-state index is 13.3. The Morgan fingerprint density at radius 3 is 3.04 bits per heavy atom. The molecule has 1 aromatic carbocycles. The number of benzene rings is 1. The summed E-state index contributed by atoms with van der Waals surface area (Å²) in [6.07, 6.45) is 1.58. The first-order valence-electron chi connectivity index (χ1n) is 8.10. The molecule has 0 saturated carbocycles. The highest BCUT2D eigenvalue weighted by Gasteiger charge is 2.37. The minimum Gasteiger partial charge on any atom is -0.396 e. The molecule has 2 fully saturated rings. The monoisotopic (exact) mass is 322 g/mol. The zero-order valence-corrected chi connectivity index (χ0v) is 13.3. The largest absolute Gasteiger partial charge is 0.396 e. The zero-order valence-electron chi connectivity index (χ0n) is 13.3. The van der Waals surface area contributed by atoms with Crippen molar-refractivity contribution >= 4 is 5.91 Å². The number of fused-ring (bicyclic) bond motifs is 1. The molecule has 2 heterocycles. The molecular formula is C17H23FN2O3. The van der Waals surface area contributed by atoms with Crippen LogP contribution in [0.5, 0.6) is 0 Å². The van der Waals surface area contributed by atoms with E-state index in [-0.39, 0.29) is 30.5 Å². The number of aliphatic hydroxyl groups is 1. The molecule has 2 saturated heterocycles. The number of hydrogen-bond donors (Lipinski definition) is 2. The van der Waals surface area contributed by atoms with Crippen LogP contribution < -0.4 is 5.32 Å². The van der Waals surface area contributed by atoms with Crippen molar-refractivity contribution in [2.24, 2.45) is 0 Å². The van der Waals surface area contributed by atoms with Crippen molar-refractivity contribution in [2.45, 2.75) is 38.0 Å². The third-order valence-electron chi connectivity index (χ3n) is 4.70. The van der Waals surface area contributed by atoms with Crippen molar-refractivity contribution in [1.82, 2.24) is 10.2 Å². The number of carbonyl (C=O) groups excluding carboxylic acids is 1. The highest BCUT2D eigenvalue weighted by Crippen LogP contribution is 2.24. The predicted molar refractivity (Wildman–Crippen MR) is 83.8 cm³/mol. The standard InChI is InChI=1S/C17H23FN2O3/c1-11-6-12(2-3-16(11)18)17(22)19-13-7-14-10-23-15(4-5-21)9-20(14)8-13/h2-3,6,13-15,21H,4-5,7-10H2,1H3,(H,19,22)/t13-,14+,15+/m1/s1. The van der Waals surface area contributed by atoms with Crippen LogP contribution in [0.3, 0.4) is 0 Å². The number of hydrogen-bond acceptors (Lipinski definition) is 4. The average molecular weight is 322 g/mol. The first-order valence-corrected chi connectivity index (χ1v) is 8.10. The van der Waals surface area contributed by atoms with Crippen molar-refractivity contribution in [1.29, 1.82) is 0 Å². The number of nitrogens with zero attached hydrogens (tertiary/aromatic N) is 1. The Morgan fingerprint density at radius 2 is 2.30 bits per heavy atom. The molecule has 126 valence electrons. The minimum atomic E-state index is -0.299. The van der Waals surface area contributed by atoms with Gasteiger partial charge in [0, 0.05) is 37.3 Å². The van der Waals surface area contributed by atoms with Gasteiger partial charge in [0.2, 0.25) is 0 Å². The molecule has 2 N–H and O–H groups in total. The maximum Gasteiger partial charge on any atom is 0.251 e. The minimum absolute atomic E-state index is 0.0745. The Morgan fingerprint density at radius 1 is 1.48 bits per heavy atom. The van der Waals surface area contributed by atoms with E-state index in [1.54, 1.807) is 13.0 Å². The van der Waals surface area contributed by atoms with Crippen LogP contribution in [0.4, 0.5) is 4.39 Å². The molecule has 0 aromatic heterocycles. The van der Waals surface area contributed by atoms with Gasteiger partial charge in [-0.05, 0) is 43.5 Å². The van der Waals surface area contributed by atoms with Gasteiger partial charge in [-0.25, -0.2) is 4.39 Å². The highest BCUT2D eigenvalue weighted by atomic mass is 19.1. The smallest absolute Gasteiger partial charge is 0.251 e. The van der Waals surface area contributed by atoms with E-state index in [4.69, 9.17) is 9.84 Å². The molecule has 0 unspecified atom stereocenters. The van der Waals surface area contributed by atoms with Gasteiger partial charge in [-0.3, -0.25) is 9.69 Å². The Balaban J connectivity index is 1.57. The average Bonchev–Trinajstić information content (AvgIpc) is 2.91. The molecule has 0 aliphatic carbocycles. The van der Waals surface area contributed by atoms with Crippen LogP contribution in [-0.2, 0) is 4.74 Å². The number of morpholine rings is 1. The third-order valence-corrected chi connectivity index (χ3v) is 4.70. The van der Waals surface area contributed by atoms with Crippen LogP contribution in [0.15, 0.2) is 18.2 Å². The fraction of sp³-hybridized carbons (Fsp3) is 0.588. The quantitative estimate of drug-likeness (QED) is 0.871. The van der Waals surface area contributed by atoms with Crippen molar-refractivity contribution < 1.29 is 19.0 Å². The Hall–Kier alpha value is -1.50. The van der Waals surface area contributed by atoms with Crippen molar-refractivity contribution in [3.05, 3.63) is 35.1 Å². The summed E-state index contributed by atoms with van der Waals surface area (Å²) in [5.74, 6) is -0.461. The summed E-state index contributed by atoms with van der Waals surface area (Å²) in [4.78, 5) is 14.6. The second kappa shape index (κ2) is 6.95. The van der Waals surface area contributed by atoms with E-state index in [9.17, 15) is 9.18 Å². The van der Waals surface area contributed by atoms with Crippen molar-refractivity contribution in [2.75, 3.05) is 26.3 Å². The molecule has 23 heavy (non-hydrogen) atoms. The first-order chi connectivity index (χ1) is 11.1. The second-order valence-electron chi connectivity index (χ2n) is 6.45. The summed E-state index contributed by atoms with van der Waals surface area (Å²) in [6.45, 7) is 4.02. The third kappa shape index (κ3) is 3.71. The molecule has 0 radical (unpaired) electrons. The van der Waals surface area contributed by atoms with Crippen LogP contribution in [0, 0.1) is 12.7 Å². The Kier molecular flexibility index (Phi) is 4.94. The van der Waals surface area contributed by atoms with Gasteiger partial charge < -0.3 is 15.2 Å². The molecule has 0 bridgehead atoms. The van der Waals surface area contributed by atoms with Crippen LogP contribution in [0.25, 0.3) is 0 Å². The molecule has 2 aliphatic rings. The number of carbonyl (C=O) groups is 1. The lowest BCUT2D eigenvalue weighted by molar-refractivity contribution is -0.0566. The number of aryl methyl sites for hydroxylation is 1. The summed E-state index contributed by atoms with van der Waals surface area (Å²) in [5.41, 5.74) is 0.963. The molecular weight excluding hydrogens is 299 g/mol. The van der Waals surface area contributed by atoms with Gasteiger partial charge in [0.1, 0.15) is 5.82 Å². The predicted octanol–water partition coefficient (Wildman–Crippen LogP) is 1.09. The van der Waals surface area contributed by atoms with Gasteiger partial charge in [0.05, 0.1) is 12.7 Å². The van der Waals surface area contributed by atoms with E-state index in [0.29, 0.717) is 30.2 Å². The molecule has 0 spiro atoms. The van der Waals surface area contributed by atoms with Gasteiger partial charge in [-0.2, -0.15) is 0 Å².